The van der Waals surface area contributed by atoms with Crippen molar-refractivity contribution in [3.05, 3.63) is 97.2 Å². The van der Waals surface area contributed by atoms with E-state index in [2.05, 4.69) is 111 Å². The molecule has 0 aliphatic carbocycles. The number of carbonyl (C=O) groups is 3. The van der Waals surface area contributed by atoms with Gasteiger partial charge in [0.05, 0.1) is 34.4 Å². The van der Waals surface area contributed by atoms with E-state index in [4.69, 9.17) is 14.2 Å². The molecule has 0 aromatic rings. The molecule has 0 aromatic heterocycles. The second-order valence-corrected chi connectivity index (χ2v) is 14.1. The number of rotatable bonds is 34. The van der Waals surface area contributed by atoms with Crippen molar-refractivity contribution in [3.63, 3.8) is 0 Å². The topological polar surface area (TPSA) is 99.1 Å². The van der Waals surface area contributed by atoms with Crippen LogP contribution in [0.15, 0.2) is 97.2 Å². The number of carboxylic acids is 1. The quantitative estimate of drug-likeness (QED) is 0.0302. The van der Waals surface area contributed by atoms with Crippen LogP contribution in [0, 0.1) is 0 Å². The van der Waals surface area contributed by atoms with E-state index < -0.39 is 18.1 Å². The summed E-state index contributed by atoms with van der Waals surface area (Å²) in [5.41, 5.74) is 0. The fourth-order valence-corrected chi connectivity index (χ4v) is 5.14. The molecule has 0 aromatic carbocycles. The fraction of sp³-hybridized carbons (Fsp3) is 0.587. The van der Waals surface area contributed by atoms with Crippen molar-refractivity contribution in [1.29, 1.82) is 0 Å². The molecule has 0 aliphatic heterocycles. The van der Waals surface area contributed by atoms with E-state index >= 15 is 0 Å². The Hall–Kier alpha value is -3.75. The molecule has 0 fully saturated rings. The van der Waals surface area contributed by atoms with Gasteiger partial charge in [-0.1, -0.05) is 117 Å². The summed E-state index contributed by atoms with van der Waals surface area (Å²) in [6, 6.07) is -0.633. The Morgan fingerprint density at radius 1 is 0.556 bits per heavy atom. The van der Waals surface area contributed by atoms with Crippen LogP contribution in [0.25, 0.3) is 0 Å². The van der Waals surface area contributed by atoms with E-state index in [9.17, 15) is 19.5 Å². The van der Waals surface area contributed by atoms with Gasteiger partial charge in [-0.05, 0) is 83.5 Å². The summed E-state index contributed by atoms with van der Waals surface area (Å²) >= 11 is 0. The van der Waals surface area contributed by atoms with Crippen LogP contribution >= 0.6 is 0 Å². The van der Waals surface area contributed by atoms with Crippen LogP contribution in [0.4, 0.5) is 0 Å². The zero-order valence-electron chi connectivity index (χ0n) is 34.4. The lowest BCUT2D eigenvalue weighted by Gasteiger charge is -2.31. The first kappa shape index (κ1) is 50.2. The smallest absolute Gasteiger partial charge is 0.362 e. The highest BCUT2D eigenvalue weighted by molar-refractivity contribution is 5.72. The van der Waals surface area contributed by atoms with Gasteiger partial charge in [-0.3, -0.25) is 9.59 Å². The highest BCUT2D eigenvalue weighted by Gasteiger charge is 2.31. The maximum Gasteiger partial charge on any atom is 0.362 e. The first-order chi connectivity index (χ1) is 26.1. The summed E-state index contributed by atoms with van der Waals surface area (Å²) in [4.78, 5) is 36.8. The summed E-state index contributed by atoms with van der Waals surface area (Å²) in [5.74, 6) is -1.60. The number of quaternary nitrogens is 1. The Labute approximate surface area is 328 Å². The summed E-state index contributed by atoms with van der Waals surface area (Å²) < 4.78 is 17.1. The lowest BCUT2D eigenvalue weighted by molar-refractivity contribution is -0.887. The Morgan fingerprint density at radius 2 is 1.00 bits per heavy atom. The minimum Gasteiger partial charge on any atom is -0.477 e. The molecule has 0 heterocycles. The number of nitrogens with zero attached hydrogens (tertiary/aromatic N) is 1. The summed E-state index contributed by atoms with van der Waals surface area (Å²) in [6.07, 6.45) is 47.5. The van der Waals surface area contributed by atoms with Crippen molar-refractivity contribution in [2.24, 2.45) is 0 Å². The molecule has 0 radical (unpaired) electrons. The van der Waals surface area contributed by atoms with Gasteiger partial charge >= 0.3 is 17.9 Å². The van der Waals surface area contributed by atoms with Gasteiger partial charge in [0.2, 0.25) is 0 Å². The summed E-state index contributed by atoms with van der Waals surface area (Å²) in [7, 11) is 5.48. The molecular weight excluding hydrogens is 679 g/mol. The fourth-order valence-electron chi connectivity index (χ4n) is 5.14. The number of hydrogen-bond donors (Lipinski definition) is 1. The minimum absolute atomic E-state index is 0.0249. The molecule has 0 rings (SSSR count). The predicted molar refractivity (Wildman–Crippen MR) is 224 cm³/mol. The molecule has 304 valence electrons. The normalized spacial score (nSPS) is 14.0. The van der Waals surface area contributed by atoms with E-state index in [0.717, 1.165) is 77.0 Å². The molecule has 1 N–H and O–H groups in total. The number of hydrogen-bond acceptors (Lipinski definition) is 6. The first-order valence-electron chi connectivity index (χ1n) is 20.3. The molecular formula is C46H74NO7+. The van der Waals surface area contributed by atoms with Crippen LogP contribution in [0.5, 0.6) is 0 Å². The number of ether oxygens (including phenoxy) is 3. The average molecular weight is 753 g/mol. The van der Waals surface area contributed by atoms with Crippen LogP contribution in [0.3, 0.4) is 0 Å². The van der Waals surface area contributed by atoms with E-state index in [0.29, 0.717) is 19.3 Å². The predicted octanol–water partition coefficient (Wildman–Crippen LogP) is 10.7. The Bertz CT molecular complexity index is 1200. The summed E-state index contributed by atoms with van der Waals surface area (Å²) in [5, 5.41) is 9.59. The highest BCUT2D eigenvalue weighted by atomic mass is 16.6. The van der Waals surface area contributed by atoms with Crippen molar-refractivity contribution >= 4 is 17.9 Å². The Kier molecular flexibility index (Phi) is 33.7. The number of unbranched alkanes of at least 4 members (excludes halogenated alkanes) is 4. The molecule has 0 saturated heterocycles. The second kappa shape index (κ2) is 36.2. The van der Waals surface area contributed by atoms with E-state index in [1.165, 1.54) is 0 Å². The van der Waals surface area contributed by atoms with Gasteiger partial charge in [-0.25, -0.2) is 4.79 Å². The third-order valence-electron chi connectivity index (χ3n) is 8.23. The van der Waals surface area contributed by atoms with E-state index in [1.54, 1.807) is 0 Å². The van der Waals surface area contributed by atoms with Gasteiger partial charge in [0.1, 0.15) is 6.61 Å². The largest absolute Gasteiger partial charge is 0.477 e. The van der Waals surface area contributed by atoms with Crippen molar-refractivity contribution in [2.45, 2.75) is 135 Å². The first-order valence-corrected chi connectivity index (χ1v) is 20.3. The van der Waals surface area contributed by atoms with Gasteiger partial charge in [-0.15, -0.1) is 0 Å². The average Bonchev–Trinajstić information content (AvgIpc) is 3.12. The van der Waals surface area contributed by atoms with Gasteiger partial charge in [0, 0.05) is 19.3 Å². The molecule has 2 atom stereocenters. The molecule has 2 unspecified atom stereocenters. The molecule has 8 nitrogen and oxygen atoms in total. The molecule has 8 heteroatoms. The molecule has 54 heavy (non-hydrogen) atoms. The third kappa shape index (κ3) is 34.0. The minimum atomic E-state index is -0.893. The van der Waals surface area contributed by atoms with Crippen LogP contribution in [0.1, 0.15) is 123 Å². The van der Waals surface area contributed by atoms with Crippen molar-refractivity contribution in [1.82, 2.24) is 0 Å². The van der Waals surface area contributed by atoms with Crippen molar-refractivity contribution in [2.75, 3.05) is 41.0 Å². The van der Waals surface area contributed by atoms with E-state index in [1.807, 2.05) is 21.1 Å². The number of carbonyl (C=O) groups excluding carboxylic acids is 2. The molecule has 0 aliphatic rings. The zero-order chi connectivity index (χ0) is 40.0. The van der Waals surface area contributed by atoms with Crippen molar-refractivity contribution in [3.8, 4) is 0 Å². The third-order valence-corrected chi connectivity index (χ3v) is 8.23. The van der Waals surface area contributed by atoms with Crippen LogP contribution in [-0.2, 0) is 28.6 Å². The maximum absolute atomic E-state index is 12.7. The SMILES string of the molecule is CC/C=C/C/C=C/C/C=C/C/C=C/C/C=C/CCCCCC(=O)OC(COCCC(C(=O)O)[N+](C)(C)C)COC(=O)CCC/C=C/C/C=C/C/C=C/CC. The summed E-state index contributed by atoms with van der Waals surface area (Å²) in [6.45, 7) is 4.37. The molecule has 0 amide bonds. The number of carboxylic acid groups (broad SMARTS) is 1. The lowest BCUT2D eigenvalue weighted by Crippen LogP contribution is -2.50. The molecule has 0 saturated carbocycles. The second-order valence-electron chi connectivity index (χ2n) is 14.1. The zero-order valence-corrected chi connectivity index (χ0v) is 34.4. The van der Waals surface area contributed by atoms with Crippen molar-refractivity contribution < 1.29 is 38.2 Å². The lowest BCUT2D eigenvalue weighted by atomic mass is 10.1. The molecule has 0 spiro atoms. The van der Waals surface area contributed by atoms with Gasteiger partial charge < -0.3 is 23.8 Å². The number of aliphatic carboxylic acids is 1. The van der Waals surface area contributed by atoms with E-state index in [-0.39, 0.29) is 49.1 Å². The Balaban J connectivity index is 4.52. The number of likely N-dealkylation sites (N-methyl/N-ethyl adjacent to an activating group) is 1. The van der Waals surface area contributed by atoms with Gasteiger partial charge in [-0.2, -0.15) is 0 Å². The van der Waals surface area contributed by atoms with Crippen LogP contribution in [-0.4, -0.2) is 80.6 Å². The van der Waals surface area contributed by atoms with Gasteiger partial charge in [0.15, 0.2) is 12.1 Å². The Morgan fingerprint density at radius 3 is 1.46 bits per heavy atom. The molecule has 0 bridgehead atoms. The highest BCUT2D eigenvalue weighted by Crippen LogP contribution is 2.11. The standard InChI is InChI=1S/C46H73NO7/c1-6-8-10-12-14-16-18-19-20-21-22-23-24-25-27-29-31-33-35-37-45(49)54-42(40-52-39-38-43(46(50)51)47(3,4)5)41-53-44(48)36-34-32-30-28-26-17-15-13-11-9-7-2/h8-11,14-17,19-20,22-23,25,27-28,30,42-43H,6-7,12-13,18,21,24,26,29,31-41H2,1-5H3/p+1/b10-8+,11-9+,16-14+,17-15+,20-19+,23-22+,27-25+,30-28+. The van der Waals surface area contributed by atoms with Crippen LogP contribution < -0.4 is 0 Å². The number of esters is 2. The monoisotopic (exact) mass is 753 g/mol. The van der Waals surface area contributed by atoms with Gasteiger partial charge in [0.25, 0.3) is 0 Å². The number of allylic oxidation sites excluding steroid dienone is 16. The maximum atomic E-state index is 12.7. The van der Waals surface area contributed by atoms with Crippen LogP contribution in [0.2, 0.25) is 0 Å².